The number of nitriles is 1. The monoisotopic (exact) mass is 1370 g/mol. The van der Waals surface area contributed by atoms with E-state index in [1.165, 1.54) is 0 Å². The second-order valence-electron chi connectivity index (χ2n) is 27.8. The highest BCUT2D eigenvalue weighted by Crippen LogP contribution is 2.52. The van der Waals surface area contributed by atoms with Crippen molar-refractivity contribution in [3.8, 4) is 124 Å². The van der Waals surface area contributed by atoms with Crippen LogP contribution in [0.1, 0.15) is 5.56 Å². The molecule has 21 aromatic rings. The Morgan fingerprint density at radius 3 is 0.861 bits per heavy atom. The van der Waals surface area contributed by atoms with Crippen molar-refractivity contribution in [3.63, 3.8) is 0 Å². The summed E-state index contributed by atoms with van der Waals surface area (Å²) in [7, 11) is 0. The molecule has 0 bridgehead atoms. The zero-order valence-electron chi connectivity index (χ0n) is 58.4. The first-order chi connectivity index (χ1) is 53.5. The Bertz CT molecular complexity index is 6830. The molecular weight excluding hydrogens is 1310 g/mol. The van der Waals surface area contributed by atoms with Gasteiger partial charge in [-0.3, -0.25) is 0 Å². The van der Waals surface area contributed by atoms with E-state index in [9.17, 15) is 5.26 Å². The summed E-state index contributed by atoms with van der Waals surface area (Å²) in [5.74, 6) is 0.581. The number of hydrogen-bond donors (Lipinski definition) is 0. The van der Waals surface area contributed by atoms with Crippen LogP contribution in [0, 0.1) is 11.3 Å². The van der Waals surface area contributed by atoms with Crippen LogP contribution < -0.4 is 0 Å². The lowest BCUT2D eigenvalue weighted by molar-refractivity contribution is 0.666. The molecule has 0 aliphatic heterocycles. The predicted molar refractivity (Wildman–Crippen MR) is 446 cm³/mol. The molecule has 0 saturated carbocycles. The average Bonchev–Trinajstić information content (AvgIpc) is 1.51. The van der Waals surface area contributed by atoms with Crippen LogP contribution in [-0.2, 0) is 0 Å². The van der Waals surface area contributed by atoms with Crippen LogP contribution in [0.5, 0.6) is 0 Å². The molecule has 0 unspecified atom stereocenters. The number of benzene rings is 16. The van der Waals surface area contributed by atoms with Gasteiger partial charge < -0.3 is 18.1 Å². The van der Waals surface area contributed by atoms with Gasteiger partial charge in [-0.2, -0.15) is 5.26 Å². The van der Waals surface area contributed by atoms with Crippen LogP contribution >= 0.6 is 0 Å². The van der Waals surface area contributed by atoms with Crippen LogP contribution in [0.2, 0.25) is 0 Å². The zero-order chi connectivity index (χ0) is 71.3. The molecule has 21 rings (SSSR count). The third-order valence-electron chi connectivity index (χ3n) is 21.7. The van der Waals surface area contributed by atoms with Crippen molar-refractivity contribution >= 4 is 87.4 Å². The third kappa shape index (κ3) is 10.1. The summed E-state index contributed by atoms with van der Waals surface area (Å²) in [4.78, 5) is 10.8. The van der Waals surface area contributed by atoms with Crippen LogP contribution in [0.3, 0.4) is 0 Å². The lowest BCUT2D eigenvalue weighted by atomic mass is 9.98. The van der Waals surface area contributed by atoms with E-state index >= 15 is 0 Å². The second-order valence-corrected chi connectivity index (χ2v) is 27.8. The van der Waals surface area contributed by atoms with E-state index in [0.717, 1.165) is 165 Å². The Morgan fingerprint density at radius 1 is 0.231 bits per heavy atom. The largest absolute Gasteiger partial charge is 0.453 e. The highest BCUT2D eigenvalue weighted by Gasteiger charge is 2.34. The Kier molecular flexibility index (Phi) is 14.5. The first-order valence-electron chi connectivity index (χ1n) is 36.6. The molecule has 0 radical (unpaired) electrons. The number of aromatic nitrogens is 5. The standard InChI is InChI=1S/C101H62N6O/c102-63-86-96(105-89-50-44-72(64-26-9-1-10-27-64)56-80(89)81-57-73(45-51-90(81)105)65-28-11-2-12-29-65)95-79-43-25-42-78(88-62-87(70-38-21-7-22-39-70)103-101(104-88)71-40-23-8-24-41-71)99(79)108-100(95)98(107-93-54-48-76(68-34-17-5-18-35-68)60-84(93)85-61-77(49-55-94(85)107)69-36-19-6-20-37-69)97(86)106-91-52-46-74(66-30-13-3-14-31-66)58-82(91)83-59-75(47-53-92(83)106)67-32-15-4-16-33-67/h1-62H. The maximum absolute atomic E-state index is 13.5. The molecular formula is C101H62N6O. The first kappa shape index (κ1) is 61.9. The summed E-state index contributed by atoms with van der Waals surface area (Å²) >= 11 is 0. The van der Waals surface area contributed by atoms with Crippen LogP contribution in [0.15, 0.2) is 381 Å². The topological polar surface area (TPSA) is 77.5 Å². The molecule has 108 heavy (non-hydrogen) atoms. The molecule has 0 saturated heterocycles. The van der Waals surface area contributed by atoms with Crippen molar-refractivity contribution in [2.24, 2.45) is 0 Å². The Morgan fingerprint density at radius 2 is 0.528 bits per heavy atom. The van der Waals surface area contributed by atoms with Crippen molar-refractivity contribution in [1.29, 1.82) is 5.26 Å². The summed E-state index contributed by atoms with van der Waals surface area (Å²) < 4.78 is 15.4. The Labute approximate surface area is 622 Å². The van der Waals surface area contributed by atoms with E-state index in [2.05, 4.69) is 359 Å². The van der Waals surface area contributed by atoms with Crippen molar-refractivity contribution in [3.05, 3.63) is 382 Å². The first-order valence-corrected chi connectivity index (χ1v) is 36.6. The highest BCUT2D eigenvalue weighted by atomic mass is 16.3. The van der Waals surface area contributed by atoms with Crippen molar-refractivity contribution in [2.45, 2.75) is 0 Å². The fourth-order valence-electron chi connectivity index (χ4n) is 16.7. The number of rotatable bonds is 12. The van der Waals surface area contributed by atoms with E-state index in [0.29, 0.717) is 45.3 Å². The van der Waals surface area contributed by atoms with Crippen LogP contribution in [0.4, 0.5) is 0 Å². The van der Waals surface area contributed by atoms with E-state index < -0.39 is 0 Å². The molecule has 5 aromatic heterocycles. The molecule has 0 aliphatic carbocycles. The van der Waals surface area contributed by atoms with Crippen molar-refractivity contribution in [2.75, 3.05) is 0 Å². The molecule has 7 nitrogen and oxygen atoms in total. The summed E-state index contributed by atoms with van der Waals surface area (Å²) in [5.41, 5.74) is 26.3. The SMILES string of the molecule is N#Cc1c(-n2c3ccc(-c4ccccc4)cc3c3cc(-c4ccccc4)ccc32)c(-n2c3ccc(-c4ccccc4)cc3c3cc(-c4ccccc4)ccc32)c2oc3c(-c4cc(-c5ccccc5)nc(-c5ccccc5)n4)cccc3c2c1-n1c2ccc(-c3ccccc3)cc2c2cc(-c3ccccc3)ccc21. The Balaban J connectivity index is 0.983. The number of furan rings is 1. The van der Waals surface area contributed by atoms with Gasteiger partial charge in [0.15, 0.2) is 11.4 Å². The van der Waals surface area contributed by atoms with Gasteiger partial charge in [-0.1, -0.05) is 291 Å². The van der Waals surface area contributed by atoms with Gasteiger partial charge in [-0.25, -0.2) is 9.97 Å². The average molecular weight is 1380 g/mol. The maximum atomic E-state index is 13.5. The third-order valence-corrected chi connectivity index (χ3v) is 21.7. The molecule has 0 spiro atoms. The van der Waals surface area contributed by atoms with Crippen LogP contribution in [0.25, 0.3) is 205 Å². The van der Waals surface area contributed by atoms with Gasteiger partial charge in [0, 0.05) is 54.4 Å². The summed E-state index contributed by atoms with van der Waals surface area (Å²) in [5, 5.41) is 21.2. The van der Waals surface area contributed by atoms with Gasteiger partial charge in [0.2, 0.25) is 0 Å². The maximum Gasteiger partial charge on any atom is 0.163 e. The molecule has 7 heteroatoms. The molecule has 0 N–H and O–H groups in total. The lowest BCUT2D eigenvalue weighted by Gasteiger charge is -2.22. The second kappa shape index (κ2) is 25.3. The lowest BCUT2D eigenvalue weighted by Crippen LogP contribution is -2.11. The van der Waals surface area contributed by atoms with Crippen molar-refractivity contribution < 1.29 is 4.42 Å². The van der Waals surface area contributed by atoms with E-state index in [1.54, 1.807) is 0 Å². The summed E-state index contributed by atoms with van der Waals surface area (Å²) in [6.07, 6.45) is 0. The quantitative estimate of drug-likeness (QED) is 0.122. The van der Waals surface area contributed by atoms with E-state index in [1.807, 2.05) is 36.4 Å². The molecule has 5 heterocycles. The van der Waals surface area contributed by atoms with Crippen LogP contribution in [-0.4, -0.2) is 23.7 Å². The van der Waals surface area contributed by atoms with Crippen molar-refractivity contribution in [1.82, 2.24) is 23.7 Å². The summed E-state index contributed by atoms with van der Waals surface area (Å²) in [6.45, 7) is 0. The minimum absolute atomic E-state index is 0.443. The number of para-hydroxylation sites is 1. The molecule has 0 aliphatic rings. The highest BCUT2D eigenvalue weighted by molar-refractivity contribution is 6.23. The predicted octanol–water partition coefficient (Wildman–Crippen LogP) is 26.5. The fourth-order valence-corrected chi connectivity index (χ4v) is 16.7. The minimum atomic E-state index is 0.443. The van der Waals surface area contributed by atoms with Gasteiger partial charge in [-0.05, 0) is 152 Å². The molecule has 16 aromatic carbocycles. The van der Waals surface area contributed by atoms with Gasteiger partial charge >= 0.3 is 0 Å². The summed E-state index contributed by atoms with van der Waals surface area (Å²) in [6, 6.07) is 137. The smallest absolute Gasteiger partial charge is 0.163 e. The fraction of sp³-hybridized carbons (Fsp3) is 0. The number of nitrogens with zero attached hydrogens (tertiary/aromatic N) is 6. The Hall–Kier alpha value is -14.7. The molecule has 502 valence electrons. The van der Waals surface area contributed by atoms with Gasteiger partial charge in [-0.15, -0.1) is 0 Å². The number of fused-ring (bicyclic) bond motifs is 12. The normalized spacial score (nSPS) is 11.7. The molecule has 0 atom stereocenters. The molecule has 0 amide bonds. The van der Waals surface area contributed by atoms with Gasteiger partial charge in [0.05, 0.1) is 61.2 Å². The van der Waals surface area contributed by atoms with E-state index in [-0.39, 0.29) is 0 Å². The van der Waals surface area contributed by atoms with Gasteiger partial charge in [0.25, 0.3) is 0 Å². The number of hydrogen-bond acceptors (Lipinski definition) is 4. The van der Waals surface area contributed by atoms with Gasteiger partial charge in [0.1, 0.15) is 22.9 Å². The zero-order valence-corrected chi connectivity index (χ0v) is 58.4. The molecule has 0 fully saturated rings. The van der Waals surface area contributed by atoms with E-state index in [4.69, 9.17) is 14.4 Å². The minimum Gasteiger partial charge on any atom is -0.453 e.